The van der Waals surface area contributed by atoms with E-state index < -0.39 is 23.7 Å². The third kappa shape index (κ3) is 4.55. The van der Waals surface area contributed by atoms with E-state index >= 15 is 0 Å². The van der Waals surface area contributed by atoms with Crippen molar-refractivity contribution < 1.29 is 14.0 Å². The number of amides is 2. The zero-order valence-electron chi connectivity index (χ0n) is 13.3. The molecule has 0 aliphatic carbocycles. The summed E-state index contributed by atoms with van der Waals surface area (Å²) in [6, 6.07) is 11.5. The van der Waals surface area contributed by atoms with Crippen LogP contribution in [0.15, 0.2) is 48.5 Å². The van der Waals surface area contributed by atoms with Gasteiger partial charge < -0.3 is 10.6 Å². The van der Waals surface area contributed by atoms with Crippen molar-refractivity contribution in [3.8, 4) is 0 Å². The SMILES string of the molecule is CC(C)[C@H](NC(=O)c1ccccc1F)C(=O)Nc1cccc(Cl)c1. The van der Waals surface area contributed by atoms with Crippen molar-refractivity contribution in [2.45, 2.75) is 19.9 Å². The van der Waals surface area contributed by atoms with E-state index in [1.807, 2.05) is 0 Å². The lowest BCUT2D eigenvalue weighted by atomic mass is 10.0. The van der Waals surface area contributed by atoms with Gasteiger partial charge in [0.2, 0.25) is 5.91 Å². The molecular formula is C18H18ClFN2O2. The maximum atomic E-state index is 13.7. The molecule has 0 saturated heterocycles. The van der Waals surface area contributed by atoms with Gasteiger partial charge in [0.25, 0.3) is 5.91 Å². The molecule has 4 nitrogen and oxygen atoms in total. The van der Waals surface area contributed by atoms with Crippen LogP contribution in [-0.4, -0.2) is 17.9 Å². The van der Waals surface area contributed by atoms with Crippen molar-refractivity contribution in [2.75, 3.05) is 5.32 Å². The van der Waals surface area contributed by atoms with Crippen LogP contribution in [0.3, 0.4) is 0 Å². The third-order valence-corrected chi connectivity index (χ3v) is 3.68. The molecule has 0 aliphatic heterocycles. The summed E-state index contributed by atoms with van der Waals surface area (Å²) in [6.45, 7) is 3.59. The molecule has 0 heterocycles. The first-order valence-corrected chi connectivity index (χ1v) is 7.88. The van der Waals surface area contributed by atoms with Gasteiger partial charge in [-0.15, -0.1) is 0 Å². The average molecular weight is 349 g/mol. The van der Waals surface area contributed by atoms with E-state index in [-0.39, 0.29) is 11.5 Å². The molecule has 0 fully saturated rings. The maximum Gasteiger partial charge on any atom is 0.254 e. The van der Waals surface area contributed by atoms with Crippen molar-refractivity contribution in [3.63, 3.8) is 0 Å². The molecule has 2 amide bonds. The third-order valence-electron chi connectivity index (χ3n) is 3.45. The van der Waals surface area contributed by atoms with Crippen LogP contribution < -0.4 is 10.6 Å². The molecule has 2 rings (SSSR count). The highest BCUT2D eigenvalue weighted by atomic mass is 35.5. The Labute approximate surface area is 145 Å². The number of hydrogen-bond acceptors (Lipinski definition) is 2. The van der Waals surface area contributed by atoms with Gasteiger partial charge in [0.05, 0.1) is 5.56 Å². The highest BCUT2D eigenvalue weighted by Gasteiger charge is 2.25. The molecule has 0 saturated carbocycles. The Morgan fingerprint density at radius 3 is 2.42 bits per heavy atom. The summed E-state index contributed by atoms with van der Waals surface area (Å²) in [7, 11) is 0. The smallest absolute Gasteiger partial charge is 0.254 e. The largest absolute Gasteiger partial charge is 0.340 e. The summed E-state index contributed by atoms with van der Waals surface area (Å²) in [5.74, 6) is -1.84. The Morgan fingerprint density at radius 1 is 1.08 bits per heavy atom. The first-order chi connectivity index (χ1) is 11.4. The zero-order chi connectivity index (χ0) is 17.7. The van der Waals surface area contributed by atoms with Crippen LogP contribution in [-0.2, 0) is 4.79 Å². The zero-order valence-corrected chi connectivity index (χ0v) is 14.1. The van der Waals surface area contributed by atoms with E-state index in [1.54, 1.807) is 44.2 Å². The predicted octanol–water partition coefficient (Wildman–Crippen LogP) is 3.87. The summed E-state index contributed by atoms with van der Waals surface area (Å²) in [6.07, 6.45) is 0. The molecule has 24 heavy (non-hydrogen) atoms. The lowest BCUT2D eigenvalue weighted by molar-refractivity contribution is -0.118. The van der Waals surface area contributed by atoms with E-state index in [2.05, 4.69) is 10.6 Å². The highest BCUT2D eigenvalue weighted by molar-refractivity contribution is 6.30. The van der Waals surface area contributed by atoms with Crippen molar-refractivity contribution in [1.29, 1.82) is 0 Å². The maximum absolute atomic E-state index is 13.7. The predicted molar refractivity (Wildman–Crippen MR) is 92.6 cm³/mol. The van der Waals surface area contributed by atoms with E-state index in [0.717, 1.165) is 0 Å². The Balaban J connectivity index is 2.13. The summed E-state index contributed by atoms with van der Waals surface area (Å²) in [4.78, 5) is 24.7. The van der Waals surface area contributed by atoms with Crippen LogP contribution in [0.5, 0.6) is 0 Å². The second kappa shape index (κ2) is 7.93. The number of benzene rings is 2. The van der Waals surface area contributed by atoms with Gasteiger partial charge in [0, 0.05) is 10.7 Å². The molecule has 0 bridgehead atoms. The summed E-state index contributed by atoms with van der Waals surface area (Å²) in [5.41, 5.74) is 0.428. The van der Waals surface area contributed by atoms with Gasteiger partial charge in [-0.3, -0.25) is 9.59 Å². The first kappa shape index (κ1) is 17.9. The lowest BCUT2D eigenvalue weighted by Gasteiger charge is -2.22. The van der Waals surface area contributed by atoms with Crippen LogP contribution in [0, 0.1) is 11.7 Å². The Bertz CT molecular complexity index is 749. The number of anilines is 1. The van der Waals surface area contributed by atoms with Crippen molar-refractivity contribution in [3.05, 3.63) is 64.9 Å². The average Bonchev–Trinajstić information content (AvgIpc) is 2.52. The van der Waals surface area contributed by atoms with Gasteiger partial charge in [0.15, 0.2) is 0 Å². The van der Waals surface area contributed by atoms with E-state index in [1.165, 1.54) is 18.2 Å². The fourth-order valence-corrected chi connectivity index (χ4v) is 2.38. The minimum Gasteiger partial charge on any atom is -0.340 e. The first-order valence-electron chi connectivity index (χ1n) is 7.50. The molecule has 0 spiro atoms. The summed E-state index contributed by atoms with van der Waals surface area (Å²) in [5, 5.41) is 5.78. The quantitative estimate of drug-likeness (QED) is 0.861. The second-order valence-corrected chi connectivity index (χ2v) is 6.11. The minimum atomic E-state index is -0.809. The molecule has 2 N–H and O–H groups in total. The van der Waals surface area contributed by atoms with Crippen molar-refractivity contribution in [2.24, 2.45) is 5.92 Å². The van der Waals surface area contributed by atoms with Gasteiger partial charge in [-0.2, -0.15) is 0 Å². The molecule has 0 radical (unpaired) electrons. The van der Waals surface area contributed by atoms with Crippen LogP contribution in [0.4, 0.5) is 10.1 Å². The Morgan fingerprint density at radius 2 is 1.79 bits per heavy atom. The lowest BCUT2D eigenvalue weighted by Crippen LogP contribution is -2.47. The Hall–Kier alpha value is -2.40. The highest BCUT2D eigenvalue weighted by Crippen LogP contribution is 2.16. The minimum absolute atomic E-state index is 0.0984. The van der Waals surface area contributed by atoms with Crippen LogP contribution >= 0.6 is 11.6 Å². The van der Waals surface area contributed by atoms with Gasteiger partial charge in [-0.05, 0) is 36.2 Å². The van der Waals surface area contributed by atoms with Gasteiger partial charge >= 0.3 is 0 Å². The number of hydrogen-bond donors (Lipinski definition) is 2. The molecule has 0 aliphatic rings. The number of carbonyl (C=O) groups excluding carboxylic acids is 2. The van der Waals surface area contributed by atoms with E-state index in [4.69, 9.17) is 11.6 Å². The number of halogens is 2. The van der Waals surface area contributed by atoms with Gasteiger partial charge in [0.1, 0.15) is 11.9 Å². The molecular weight excluding hydrogens is 331 g/mol. The standard InChI is InChI=1S/C18H18ClFN2O2/c1-11(2)16(18(24)21-13-7-5-6-12(19)10-13)22-17(23)14-8-3-4-9-15(14)20/h3-11,16H,1-2H3,(H,21,24)(H,22,23)/t16-/m0/s1. The van der Waals surface area contributed by atoms with Crippen LogP contribution in [0.25, 0.3) is 0 Å². The fourth-order valence-electron chi connectivity index (χ4n) is 2.19. The monoisotopic (exact) mass is 348 g/mol. The van der Waals surface area contributed by atoms with Gasteiger partial charge in [-0.25, -0.2) is 4.39 Å². The Kier molecular flexibility index (Phi) is 5.93. The van der Waals surface area contributed by atoms with Crippen molar-refractivity contribution in [1.82, 2.24) is 5.32 Å². The van der Waals surface area contributed by atoms with E-state index in [9.17, 15) is 14.0 Å². The molecule has 0 unspecified atom stereocenters. The molecule has 2 aromatic carbocycles. The molecule has 0 aromatic heterocycles. The summed E-state index contributed by atoms with van der Waals surface area (Å²) < 4.78 is 13.7. The normalized spacial score (nSPS) is 11.9. The topological polar surface area (TPSA) is 58.2 Å². The number of rotatable bonds is 5. The van der Waals surface area contributed by atoms with E-state index in [0.29, 0.717) is 10.7 Å². The number of carbonyl (C=O) groups is 2. The molecule has 1 atom stereocenters. The second-order valence-electron chi connectivity index (χ2n) is 5.67. The number of nitrogens with one attached hydrogen (secondary N) is 2. The van der Waals surface area contributed by atoms with Crippen LogP contribution in [0.1, 0.15) is 24.2 Å². The molecule has 126 valence electrons. The van der Waals surface area contributed by atoms with Crippen molar-refractivity contribution >= 4 is 29.1 Å². The summed E-state index contributed by atoms with van der Waals surface area (Å²) >= 11 is 5.89. The fraction of sp³-hybridized carbons (Fsp3) is 0.222. The molecule has 6 heteroatoms. The molecule has 2 aromatic rings. The van der Waals surface area contributed by atoms with Gasteiger partial charge in [-0.1, -0.05) is 43.6 Å². The van der Waals surface area contributed by atoms with Crippen LogP contribution in [0.2, 0.25) is 5.02 Å².